The number of carbonyl (C=O) groups is 3. The van der Waals surface area contributed by atoms with E-state index in [1.807, 2.05) is 6.20 Å². The van der Waals surface area contributed by atoms with Gasteiger partial charge >= 0.3 is 36.4 Å². The molecule has 1 aromatic rings. The van der Waals surface area contributed by atoms with Gasteiger partial charge in [-0.3, -0.25) is 4.90 Å². The second-order valence-corrected chi connectivity index (χ2v) is 10.3. The predicted molar refractivity (Wildman–Crippen MR) is 135 cm³/mol. The molecule has 1 aromatic heterocycles. The van der Waals surface area contributed by atoms with Crippen LogP contribution in [0.5, 0.6) is 0 Å². The van der Waals surface area contributed by atoms with Crippen LogP contribution >= 0.6 is 0 Å². The van der Waals surface area contributed by atoms with Crippen molar-refractivity contribution in [2.75, 3.05) is 66.1 Å². The summed E-state index contributed by atoms with van der Waals surface area (Å²) in [6.45, 7) is 12.4. The Kier molecular flexibility index (Phi) is 15.5. The molecule has 21 heteroatoms. The van der Waals surface area contributed by atoms with Gasteiger partial charge in [0.2, 0.25) is 0 Å². The number of rotatable bonds is 4. The smallest absolute Gasteiger partial charge is 0.475 e. The van der Waals surface area contributed by atoms with E-state index in [-0.39, 0.29) is 0 Å². The lowest BCUT2D eigenvalue weighted by atomic mass is 10.1. The number of ether oxygens (including phenoxy) is 1. The van der Waals surface area contributed by atoms with Crippen molar-refractivity contribution in [3.63, 3.8) is 0 Å². The van der Waals surface area contributed by atoms with E-state index < -0.39 is 36.4 Å². The molecule has 2 saturated heterocycles. The first-order valence-electron chi connectivity index (χ1n) is 13.2. The van der Waals surface area contributed by atoms with Gasteiger partial charge in [0.1, 0.15) is 5.82 Å². The summed E-state index contributed by atoms with van der Waals surface area (Å²) in [7, 11) is 2.23. The van der Waals surface area contributed by atoms with Gasteiger partial charge in [0.05, 0.1) is 13.2 Å². The van der Waals surface area contributed by atoms with E-state index in [2.05, 4.69) is 37.5 Å². The van der Waals surface area contributed by atoms with E-state index in [0.29, 0.717) is 11.8 Å². The van der Waals surface area contributed by atoms with Gasteiger partial charge in [-0.1, -0.05) is 0 Å². The summed E-state index contributed by atoms with van der Waals surface area (Å²) in [5.74, 6) is -5.65. The Morgan fingerprint density at radius 3 is 1.69 bits per heavy atom. The summed E-state index contributed by atoms with van der Waals surface area (Å²) in [6.07, 6.45) is -9.91. The van der Waals surface area contributed by atoms with Crippen molar-refractivity contribution in [3.05, 3.63) is 18.2 Å². The molecule has 0 amide bonds. The van der Waals surface area contributed by atoms with Crippen LogP contribution in [-0.4, -0.2) is 142 Å². The Hall–Kier alpha value is -3.17. The fraction of sp³-hybridized carbons (Fsp3) is 0.750. The number of likely N-dealkylation sites (N-methyl/N-ethyl adjacent to an activating group) is 1. The third-order valence-corrected chi connectivity index (χ3v) is 6.52. The first-order valence-corrected chi connectivity index (χ1v) is 13.2. The van der Waals surface area contributed by atoms with Crippen LogP contribution in [0.4, 0.5) is 39.5 Å². The molecule has 260 valence electrons. The second-order valence-electron chi connectivity index (χ2n) is 10.3. The average Bonchev–Trinajstić information content (AvgIpc) is 3.54. The summed E-state index contributed by atoms with van der Waals surface area (Å²) in [5, 5.41) is 21.4. The molecule has 12 nitrogen and oxygen atoms in total. The summed E-state index contributed by atoms with van der Waals surface area (Å²) in [4.78, 5) is 39.0. The third kappa shape index (κ3) is 16.1. The quantitative estimate of drug-likeness (QED) is 0.405. The van der Waals surface area contributed by atoms with Crippen LogP contribution in [0.1, 0.15) is 12.2 Å². The summed E-state index contributed by atoms with van der Waals surface area (Å²) < 4.78 is 103. The Bertz CT molecular complexity index is 1010. The fourth-order valence-electron chi connectivity index (χ4n) is 4.37. The maximum absolute atomic E-state index is 10.6. The van der Waals surface area contributed by atoms with Gasteiger partial charge in [-0.25, -0.2) is 19.4 Å². The predicted octanol–water partition coefficient (Wildman–Crippen LogP) is 2.50. The number of alkyl halides is 9. The zero-order chi connectivity index (χ0) is 34.6. The van der Waals surface area contributed by atoms with Crippen LogP contribution in [0.3, 0.4) is 0 Å². The SMILES string of the molecule is CN1CCN(CC2CN(CC3CCOC3)Cc3nccn3C2)CC1.O=C(O)C(F)(F)F.O=C(O)C(F)(F)F.O=C(O)C(F)(F)F. The van der Waals surface area contributed by atoms with Crippen LogP contribution in [0.2, 0.25) is 0 Å². The minimum atomic E-state index is -5.08. The molecule has 0 spiro atoms. The highest BCUT2D eigenvalue weighted by Crippen LogP contribution is 2.21. The van der Waals surface area contributed by atoms with Crippen LogP contribution in [-0.2, 0) is 32.2 Å². The molecule has 4 heterocycles. The monoisotopic (exact) mass is 675 g/mol. The lowest BCUT2D eigenvalue weighted by molar-refractivity contribution is -0.193. The van der Waals surface area contributed by atoms with Crippen LogP contribution in [0.25, 0.3) is 0 Å². The van der Waals surface area contributed by atoms with Crippen molar-refractivity contribution in [2.45, 2.75) is 38.0 Å². The molecule has 0 aliphatic carbocycles. The Morgan fingerprint density at radius 1 is 0.800 bits per heavy atom. The number of carboxylic acid groups (broad SMARTS) is 3. The van der Waals surface area contributed by atoms with Crippen molar-refractivity contribution >= 4 is 17.9 Å². The van der Waals surface area contributed by atoms with E-state index in [0.717, 1.165) is 32.8 Å². The Morgan fingerprint density at radius 2 is 1.27 bits per heavy atom. The van der Waals surface area contributed by atoms with E-state index in [1.165, 1.54) is 51.5 Å². The fourth-order valence-corrected chi connectivity index (χ4v) is 4.37. The second kappa shape index (κ2) is 17.5. The largest absolute Gasteiger partial charge is 0.490 e. The number of fused-ring (bicyclic) bond motifs is 1. The molecule has 0 radical (unpaired) electrons. The standard InChI is InChI=1S/C18H31N5O.3C2HF3O2/c1-20-5-7-21(8-6-20)11-17-12-22(10-16-2-9-24-15-16)14-18-19-3-4-23(18)13-17;3*3-2(4,5)1(6)7/h3-4,16-17H,2,5-15H2,1H3;3*(H,6,7). The van der Waals surface area contributed by atoms with Gasteiger partial charge < -0.3 is 34.4 Å². The number of hydrogen-bond donors (Lipinski definition) is 3. The molecule has 0 aromatic carbocycles. The Labute approximate surface area is 250 Å². The molecule has 4 rings (SSSR count). The molecule has 2 fully saturated rings. The first kappa shape index (κ1) is 39.9. The number of carboxylic acids is 3. The minimum absolute atomic E-state index is 0.686. The topological polar surface area (TPSA) is 149 Å². The number of piperazine rings is 1. The summed E-state index contributed by atoms with van der Waals surface area (Å²) >= 11 is 0. The highest BCUT2D eigenvalue weighted by atomic mass is 19.4. The number of imidazole rings is 1. The number of hydrogen-bond acceptors (Lipinski definition) is 8. The van der Waals surface area contributed by atoms with Gasteiger partial charge in [0.15, 0.2) is 0 Å². The number of aromatic nitrogens is 2. The third-order valence-electron chi connectivity index (χ3n) is 6.52. The van der Waals surface area contributed by atoms with Crippen molar-refractivity contribution in [3.8, 4) is 0 Å². The normalized spacial score (nSPS) is 21.5. The van der Waals surface area contributed by atoms with Gasteiger partial charge in [-0.05, 0) is 19.4 Å². The number of nitrogens with zero attached hydrogens (tertiary/aromatic N) is 5. The maximum Gasteiger partial charge on any atom is 0.490 e. The van der Waals surface area contributed by atoms with Crippen LogP contribution in [0.15, 0.2) is 12.4 Å². The molecular formula is C24H34F9N5O7. The summed E-state index contributed by atoms with van der Waals surface area (Å²) in [6, 6.07) is 0. The highest BCUT2D eigenvalue weighted by molar-refractivity contribution is 5.73. The van der Waals surface area contributed by atoms with E-state index in [9.17, 15) is 39.5 Å². The van der Waals surface area contributed by atoms with Gasteiger partial charge in [0, 0.05) is 77.3 Å². The zero-order valence-electron chi connectivity index (χ0n) is 23.9. The van der Waals surface area contributed by atoms with Gasteiger partial charge in [-0.15, -0.1) is 0 Å². The molecule has 2 atom stereocenters. The summed E-state index contributed by atoms with van der Waals surface area (Å²) in [5.41, 5.74) is 0. The maximum atomic E-state index is 10.6. The number of halogens is 9. The van der Waals surface area contributed by atoms with Crippen LogP contribution < -0.4 is 0 Å². The van der Waals surface area contributed by atoms with E-state index >= 15 is 0 Å². The molecular weight excluding hydrogens is 641 g/mol. The average molecular weight is 676 g/mol. The zero-order valence-corrected chi connectivity index (χ0v) is 23.9. The molecule has 2 unspecified atom stereocenters. The van der Waals surface area contributed by atoms with Crippen molar-refractivity contribution in [1.29, 1.82) is 0 Å². The molecule has 0 saturated carbocycles. The molecule has 3 aliphatic rings. The van der Waals surface area contributed by atoms with Crippen molar-refractivity contribution in [2.24, 2.45) is 11.8 Å². The van der Waals surface area contributed by atoms with Gasteiger partial charge in [-0.2, -0.15) is 39.5 Å². The molecule has 0 bridgehead atoms. The van der Waals surface area contributed by atoms with E-state index in [4.69, 9.17) is 34.4 Å². The lowest BCUT2D eigenvalue weighted by Gasteiger charge is -2.35. The minimum Gasteiger partial charge on any atom is -0.475 e. The Balaban J connectivity index is 0.000000396. The van der Waals surface area contributed by atoms with Crippen LogP contribution in [0, 0.1) is 11.8 Å². The number of aliphatic carboxylic acids is 3. The molecule has 45 heavy (non-hydrogen) atoms. The van der Waals surface area contributed by atoms with Crippen molar-refractivity contribution < 1.29 is 74.0 Å². The van der Waals surface area contributed by atoms with Crippen molar-refractivity contribution in [1.82, 2.24) is 24.3 Å². The first-order chi connectivity index (χ1) is 20.6. The molecule has 3 N–H and O–H groups in total. The lowest BCUT2D eigenvalue weighted by Crippen LogP contribution is -2.47. The molecule has 3 aliphatic heterocycles. The van der Waals surface area contributed by atoms with E-state index in [1.54, 1.807) is 0 Å². The van der Waals surface area contributed by atoms with Gasteiger partial charge in [0.25, 0.3) is 0 Å². The highest BCUT2D eigenvalue weighted by Gasteiger charge is 2.39.